The van der Waals surface area contributed by atoms with Crippen LogP contribution in [0, 0.1) is 0 Å². The van der Waals surface area contributed by atoms with Gasteiger partial charge in [0.25, 0.3) is 0 Å². The Morgan fingerprint density at radius 2 is 1.90 bits per heavy atom. The number of nitrogens with one attached hydrogen (secondary N) is 3. The lowest BCUT2D eigenvalue weighted by atomic mass is 10.2. The average Bonchev–Trinajstić information content (AvgIpc) is 2.67. The first kappa shape index (κ1) is 22.4. The third kappa shape index (κ3) is 7.19. The highest BCUT2D eigenvalue weighted by Gasteiger charge is 2.12. The Labute approximate surface area is 171 Å². The first-order chi connectivity index (χ1) is 13.7. The lowest BCUT2D eigenvalue weighted by Crippen LogP contribution is -2.28. The van der Waals surface area contributed by atoms with E-state index in [1.165, 1.54) is 13.2 Å². The number of urea groups is 1. The van der Waals surface area contributed by atoms with Gasteiger partial charge in [0.2, 0.25) is 10.0 Å². The molecule has 29 heavy (non-hydrogen) atoms. The van der Waals surface area contributed by atoms with E-state index >= 15 is 0 Å². The second-order valence-corrected chi connectivity index (χ2v) is 8.55. The summed E-state index contributed by atoms with van der Waals surface area (Å²) in [5.41, 5.74) is 1.68. The molecule has 0 heterocycles. The van der Waals surface area contributed by atoms with Crippen LogP contribution in [0.5, 0.6) is 11.5 Å². The third-order valence-corrected chi connectivity index (χ3v) is 5.12. The number of hydrogen-bond donors (Lipinski definition) is 3. The van der Waals surface area contributed by atoms with E-state index in [2.05, 4.69) is 15.4 Å². The predicted octanol–water partition coefficient (Wildman–Crippen LogP) is 3.57. The summed E-state index contributed by atoms with van der Waals surface area (Å²) in [6.45, 7) is 5.77. The van der Waals surface area contributed by atoms with Crippen molar-refractivity contribution in [3.8, 4) is 11.5 Å². The van der Waals surface area contributed by atoms with E-state index in [0.29, 0.717) is 23.7 Å². The molecule has 2 aromatic rings. The molecule has 0 atom stereocenters. The van der Waals surface area contributed by atoms with Crippen molar-refractivity contribution in [2.75, 3.05) is 22.9 Å². The third-order valence-electron chi connectivity index (χ3n) is 3.83. The van der Waals surface area contributed by atoms with Gasteiger partial charge in [-0.05, 0) is 50.6 Å². The summed E-state index contributed by atoms with van der Waals surface area (Å²) in [4.78, 5) is 12.2. The number of carbonyl (C=O) groups is 1. The van der Waals surface area contributed by atoms with Gasteiger partial charge in [-0.25, -0.2) is 13.2 Å². The van der Waals surface area contributed by atoms with Crippen LogP contribution in [0.4, 0.5) is 16.2 Å². The monoisotopic (exact) mass is 421 g/mol. The molecule has 0 aliphatic rings. The molecule has 0 spiro atoms. The maximum atomic E-state index is 12.2. The van der Waals surface area contributed by atoms with E-state index in [0.717, 1.165) is 11.3 Å². The van der Waals surface area contributed by atoms with Crippen molar-refractivity contribution < 1.29 is 22.7 Å². The summed E-state index contributed by atoms with van der Waals surface area (Å²) in [5.74, 6) is 0.995. The van der Waals surface area contributed by atoms with Crippen molar-refractivity contribution in [1.82, 2.24) is 5.32 Å². The van der Waals surface area contributed by atoms with Crippen molar-refractivity contribution in [1.29, 1.82) is 0 Å². The van der Waals surface area contributed by atoms with Gasteiger partial charge in [0.1, 0.15) is 11.5 Å². The summed E-state index contributed by atoms with van der Waals surface area (Å²) < 4.78 is 36.8. The molecule has 158 valence electrons. The van der Waals surface area contributed by atoms with E-state index < -0.39 is 16.1 Å². The molecular formula is C20H27N3O5S. The zero-order chi connectivity index (χ0) is 21.4. The first-order valence-corrected chi connectivity index (χ1v) is 10.9. The largest absolute Gasteiger partial charge is 0.494 e. The number of sulfonamides is 1. The molecule has 8 nitrogen and oxygen atoms in total. The number of benzene rings is 2. The van der Waals surface area contributed by atoms with Crippen LogP contribution in [0.3, 0.4) is 0 Å². The Kier molecular flexibility index (Phi) is 7.72. The zero-order valence-corrected chi connectivity index (χ0v) is 17.8. The summed E-state index contributed by atoms with van der Waals surface area (Å²) in [7, 11) is -2.01. The molecule has 0 aliphatic heterocycles. The molecule has 2 aromatic carbocycles. The van der Waals surface area contributed by atoms with Gasteiger partial charge in [-0.2, -0.15) is 0 Å². The number of ether oxygens (including phenoxy) is 2. The molecule has 0 radical (unpaired) electrons. The SMILES string of the molecule is CCS(=O)(=O)Nc1ccc(NC(=O)NCc2cccc(OC(C)C)c2)cc1OC. The Bertz CT molecular complexity index is 945. The van der Waals surface area contributed by atoms with Crippen molar-refractivity contribution in [3.63, 3.8) is 0 Å². The molecule has 0 fully saturated rings. The lowest BCUT2D eigenvalue weighted by Gasteiger charge is -2.14. The molecule has 3 N–H and O–H groups in total. The highest BCUT2D eigenvalue weighted by atomic mass is 32.2. The standard InChI is InChI=1S/C20H27N3O5S/c1-5-29(25,26)23-18-10-9-16(12-19(18)27-4)22-20(24)21-13-15-7-6-8-17(11-15)28-14(2)3/h6-12,14,23H,5,13H2,1-4H3,(H2,21,22,24). The summed E-state index contributed by atoms with van der Waals surface area (Å²) in [5, 5.41) is 5.47. The van der Waals surface area contributed by atoms with E-state index in [1.54, 1.807) is 19.1 Å². The Balaban J connectivity index is 1.98. The quantitative estimate of drug-likeness (QED) is 0.574. The summed E-state index contributed by atoms with van der Waals surface area (Å²) >= 11 is 0. The molecule has 2 amide bonds. The minimum absolute atomic E-state index is 0.0536. The maximum absolute atomic E-state index is 12.2. The second-order valence-electron chi connectivity index (χ2n) is 6.54. The van der Waals surface area contributed by atoms with Crippen LogP contribution in [0.25, 0.3) is 0 Å². The molecule has 0 unspecified atom stereocenters. The number of rotatable bonds is 9. The maximum Gasteiger partial charge on any atom is 0.319 e. The van der Waals surface area contributed by atoms with Crippen LogP contribution in [0.15, 0.2) is 42.5 Å². The second kappa shape index (κ2) is 10.0. The Morgan fingerprint density at radius 1 is 1.14 bits per heavy atom. The van der Waals surface area contributed by atoms with Crippen molar-refractivity contribution in [2.24, 2.45) is 0 Å². The van der Waals surface area contributed by atoms with Crippen LogP contribution < -0.4 is 24.8 Å². The molecule has 2 rings (SSSR count). The van der Waals surface area contributed by atoms with Crippen LogP contribution in [-0.2, 0) is 16.6 Å². The van der Waals surface area contributed by atoms with E-state index in [1.807, 2.05) is 38.1 Å². The van der Waals surface area contributed by atoms with E-state index in [-0.39, 0.29) is 11.9 Å². The molecule has 0 saturated carbocycles. The van der Waals surface area contributed by atoms with Gasteiger partial charge in [0.05, 0.1) is 24.7 Å². The number of anilines is 2. The van der Waals surface area contributed by atoms with Crippen LogP contribution >= 0.6 is 0 Å². The predicted molar refractivity (Wildman–Crippen MR) is 114 cm³/mol. The molecule has 0 saturated heterocycles. The number of methoxy groups -OCH3 is 1. The number of carbonyl (C=O) groups excluding carboxylic acids is 1. The van der Waals surface area contributed by atoms with Crippen LogP contribution in [0.2, 0.25) is 0 Å². The van der Waals surface area contributed by atoms with Gasteiger partial charge >= 0.3 is 6.03 Å². The molecule has 0 bridgehead atoms. The first-order valence-electron chi connectivity index (χ1n) is 9.21. The number of hydrogen-bond acceptors (Lipinski definition) is 5. The number of amides is 2. The minimum Gasteiger partial charge on any atom is -0.494 e. The van der Waals surface area contributed by atoms with Gasteiger partial charge in [-0.1, -0.05) is 12.1 Å². The molecule has 9 heteroatoms. The van der Waals surface area contributed by atoms with Gasteiger partial charge in [0, 0.05) is 18.3 Å². The van der Waals surface area contributed by atoms with Gasteiger partial charge in [-0.15, -0.1) is 0 Å². The minimum atomic E-state index is -3.43. The average molecular weight is 422 g/mol. The van der Waals surface area contributed by atoms with Crippen molar-refractivity contribution in [3.05, 3.63) is 48.0 Å². The lowest BCUT2D eigenvalue weighted by molar-refractivity contribution is 0.242. The summed E-state index contributed by atoms with van der Waals surface area (Å²) in [6, 6.07) is 11.8. The fraction of sp³-hybridized carbons (Fsp3) is 0.350. The Hall–Kier alpha value is -2.94. The highest BCUT2D eigenvalue weighted by molar-refractivity contribution is 7.92. The van der Waals surface area contributed by atoms with Gasteiger partial charge < -0.3 is 20.1 Å². The van der Waals surface area contributed by atoms with E-state index in [9.17, 15) is 13.2 Å². The highest BCUT2D eigenvalue weighted by Crippen LogP contribution is 2.28. The fourth-order valence-electron chi connectivity index (χ4n) is 2.45. The zero-order valence-electron chi connectivity index (χ0n) is 17.0. The fourth-order valence-corrected chi connectivity index (χ4v) is 3.10. The van der Waals surface area contributed by atoms with E-state index in [4.69, 9.17) is 9.47 Å². The smallest absolute Gasteiger partial charge is 0.319 e. The normalized spacial score (nSPS) is 11.1. The topological polar surface area (TPSA) is 106 Å². The molecule has 0 aliphatic carbocycles. The van der Waals surface area contributed by atoms with Gasteiger partial charge in [0.15, 0.2) is 0 Å². The summed E-state index contributed by atoms with van der Waals surface area (Å²) in [6.07, 6.45) is 0.0706. The van der Waals surface area contributed by atoms with Gasteiger partial charge in [-0.3, -0.25) is 4.72 Å². The molecule has 0 aromatic heterocycles. The van der Waals surface area contributed by atoms with Crippen LogP contribution in [0.1, 0.15) is 26.3 Å². The molecular weight excluding hydrogens is 394 g/mol. The van der Waals surface area contributed by atoms with Crippen molar-refractivity contribution in [2.45, 2.75) is 33.4 Å². The van der Waals surface area contributed by atoms with Crippen molar-refractivity contribution >= 4 is 27.4 Å². The van der Waals surface area contributed by atoms with Crippen LogP contribution in [-0.4, -0.2) is 33.4 Å². The Morgan fingerprint density at radius 3 is 2.55 bits per heavy atom.